The number of pyridine rings is 1. The van der Waals surface area contributed by atoms with Gasteiger partial charge in [-0.3, -0.25) is 4.68 Å². The van der Waals surface area contributed by atoms with Crippen LogP contribution in [-0.2, 0) is 7.05 Å². The van der Waals surface area contributed by atoms with Gasteiger partial charge < -0.3 is 10.5 Å². The van der Waals surface area contributed by atoms with Gasteiger partial charge in [0.15, 0.2) is 0 Å². The molecule has 2 N–H and O–H groups in total. The maximum absolute atomic E-state index is 5.48. The van der Waals surface area contributed by atoms with E-state index in [0.717, 1.165) is 0 Å². The lowest BCUT2D eigenvalue weighted by atomic mass is 10.4. The Morgan fingerprint density at radius 3 is 2.93 bits per heavy atom. The van der Waals surface area contributed by atoms with Crippen molar-refractivity contribution in [1.82, 2.24) is 19.7 Å². The Bertz CT molecular complexity index is 439. The number of anilines is 1. The average molecular weight is 191 g/mol. The van der Waals surface area contributed by atoms with Crippen LogP contribution in [-0.4, -0.2) is 19.7 Å². The van der Waals surface area contributed by atoms with Crippen LogP contribution in [0, 0.1) is 0 Å². The molecule has 0 aliphatic rings. The van der Waals surface area contributed by atoms with Crippen LogP contribution in [0.1, 0.15) is 0 Å². The van der Waals surface area contributed by atoms with Crippen molar-refractivity contribution in [2.75, 3.05) is 5.73 Å². The molecular weight excluding hydrogens is 182 g/mol. The zero-order valence-corrected chi connectivity index (χ0v) is 7.58. The molecule has 0 saturated heterocycles. The van der Waals surface area contributed by atoms with Gasteiger partial charge in [0.1, 0.15) is 17.9 Å². The van der Waals surface area contributed by atoms with Crippen LogP contribution in [0.4, 0.5) is 5.82 Å². The maximum Gasteiger partial charge on any atom is 0.340 e. The van der Waals surface area contributed by atoms with Crippen molar-refractivity contribution in [3.05, 3.63) is 24.7 Å². The Kier molecular flexibility index (Phi) is 2.02. The Hall–Kier alpha value is -2.11. The molecule has 0 aliphatic heterocycles. The predicted molar refractivity (Wildman–Crippen MR) is 49.7 cm³/mol. The van der Waals surface area contributed by atoms with E-state index >= 15 is 0 Å². The third kappa shape index (κ3) is 1.79. The third-order valence-electron chi connectivity index (χ3n) is 1.54. The highest BCUT2D eigenvalue weighted by Crippen LogP contribution is 2.17. The lowest BCUT2D eigenvalue weighted by Gasteiger charge is -2.00. The molecule has 0 aromatic carbocycles. The van der Waals surface area contributed by atoms with E-state index in [0.29, 0.717) is 11.6 Å². The van der Waals surface area contributed by atoms with Gasteiger partial charge in [-0.2, -0.15) is 4.98 Å². The Morgan fingerprint density at radius 2 is 2.29 bits per heavy atom. The van der Waals surface area contributed by atoms with Gasteiger partial charge in [-0.05, 0) is 6.07 Å². The lowest BCUT2D eigenvalue weighted by molar-refractivity contribution is 0.438. The van der Waals surface area contributed by atoms with Crippen LogP contribution < -0.4 is 10.5 Å². The molecule has 0 radical (unpaired) electrons. The van der Waals surface area contributed by atoms with Crippen LogP contribution in [0.3, 0.4) is 0 Å². The molecule has 0 amide bonds. The summed E-state index contributed by atoms with van der Waals surface area (Å²) >= 11 is 0. The number of rotatable bonds is 2. The number of ether oxygens (including phenoxy) is 1. The fourth-order valence-electron chi connectivity index (χ4n) is 0.963. The first kappa shape index (κ1) is 8.49. The lowest BCUT2D eigenvalue weighted by Crippen LogP contribution is -1.92. The quantitative estimate of drug-likeness (QED) is 0.751. The van der Waals surface area contributed by atoms with Crippen molar-refractivity contribution in [3.63, 3.8) is 0 Å². The second-order valence-electron chi connectivity index (χ2n) is 2.72. The summed E-state index contributed by atoms with van der Waals surface area (Å²) in [5.74, 6) is 0.974. The second kappa shape index (κ2) is 3.33. The first-order valence-electron chi connectivity index (χ1n) is 3.99. The highest BCUT2D eigenvalue weighted by molar-refractivity contribution is 5.36. The first-order valence-corrected chi connectivity index (χ1v) is 3.99. The van der Waals surface area contributed by atoms with Gasteiger partial charge in [-0.15, -0.1) is 5.10 Å². The van der Waals surface area contributed by atoms with Crippen LogP contribution >= 0.6 is 0 Å². The summed E-state index contributed by atoms with van der Waals surface area (Å²) in [6.07, 6.45) is 3.12. The number of nitrogen functional groups attached to an aromatic ring is 1. The van der Waals surface area contributed by atoms with Crippen molar-refractivity contribution in [2.24, 2.45) is 7.05 Å². The topological polar surface area (TPSA) is 78.8 Å². The summed E-state index contributed by atoms with van der Waals surface area (Å²) in [6, 6.07) is 3.58. The van der Waals surface area contributed by atoms with Crippen molar-refractivity contribution in [3.8, 4) is 11.8 Å². The van der Waals surface area contributed by atoms with E-state index < -0.39 is 0 Å². The number of hydrogen-bond acceptors (Lipinski definition) is 5. The van der Waals surface area contributed by atoms with Crippen molar-refractivity contribution in [2.45, 2.75) is 0 Å². The summed E-state index contributed by atoms with van der Waals surface area (Å²) in [7, 11) is 1.76. The zero-order valence-electron chi connectivity index (χ0n) is 7.58. The highest BCUT2D eigenvalue weighted by Gasteiger charge is 2.01. The molecule has 2 aromatic rings. The molecule has 2 aromatic heterocycles. The average Bonchev–Trinajstić information content (AvgIpc) is 2.51. The predicted octanol–water partition coefficient (Wildman–Crippen LogP) is 0.585. The van der Waals surface area contributed by atoms with Crippen LogP contribution in [0.25, 0.3) is 0 Å². The van der Waals surface area contributed by atoms with Crippen molar-refractivity contribution < 1.29 is 4.74 Å². The van der Waals surface area contributed by atoms with E-state index in [1.165, 1.54) is 0 Å². The molecule has 0 aliphatic carbocycles. The van der Waals surface area contributed by atoms with Gasteiger partial charge in [0.05, 0.1) is 0 Å². The van der Waals surface area contributed by atoms with Crippen LogP contribution in [0.2, 0.25) is 0 Å². The molecule has 0 saturated carbocycles. The van der Waals surface area contributed by atoms with E-state index in [4.69, 9.17) is 10.5 Å². The Labute approximate surface area is 80.4 Å². The fourth-order valence-corrected chi connectivity index (χ4v) is 0.963. The minimum Gasteiger partial charge on any atom is -0.423 e. The van der Waals surface area contributed by atoms with Crippen molar-refractivity contribution in [1.29, 1.82) is 0 Å². The Balaban J connectivity index is 2.18. The van der Waals surface area contributed by atoms with E-state index in [1.54, 1.807) is 36.4 Å². The number of nitrogens with two attached hydrogens (primary N) is 1. The molecule has 0 bridgehead atoms. The molecule has 2 rings (SSSR count). The summed E-state index contributed by atoms with van der Waals surface area (Å²) in [6.45, 7) is 0. The van der Waals surface area contributed by atoms with Gasteiger partial charge in [-0.1, -0.05) is 0 Å². The summed E-state index contributed by atoms with van der Waals surface area (Å²) in [5, 5.41) is 3.96. The standard InChI is InChI=1S/C8H9N5O/c1-13-5-11-8(12-13)14-6-2-3-10-7(9)4-6/h2-5H,1H3,(H2,9,10). The molecule has 0 atom stereocenters. The molecule has 72 valence electrons. The number of aromatic nitrogens is 4. The minimum atomic E-state index is 0.290. The minimum absolute atomic E-state index is 0.290. The van der Waals surface area contributed by atoms with E-state index in [-0.39, 0.29) is 6.01 Å². The molecule has 0 spiro atoms. The number of hydrogen-bond donors (Lipinski definition) is 1. The van der Waals surface area contributed by atoms with Gasteiger partial charge in [0.2, 0.25) is 0 Å². The van der Waals surface area contributed by atoms with E-state index in [2.05, 4.69) is 15.1 Å². The van der Waals surface area contributed by atoms with Gasteiger partial charge in [-0.25, -0.2) is 4.98 Å². The van der Waals surface area contributed by atoms with E-state index in [9.17, 15) is 0 Å². The normalized spacial score (nSPS) is 10.1. The third-order valence-corrected chi connectivity index (χ3v) is 1.54. The summed E-state index contributed by atoms with van der Waals surface area (Å²) in [4.78, 5) is 7.75. The van der Waals surface area contributed by atoms with Crippen LogP contribution in [0.5, 0.6) is 11.8 Å². The SMILES string of the molecule is Cn1cnc(Oc2ccnc(N)c2)n1. The molecular formula is C8H9N5O. The number of aryl methyl sites for hydroxylation is 1. The molecule has 6 heteroatoms. The molecule has 0 unspecified atom stereocenters. The summed E-state index contributed by atoms with van der Waals surface area (Å²) < 4.78 is 6.87. The number of nitrogens with zero attached hydrogens (tertiary/aromatic N) is 4. The van der Waals surface area contributed by atoms with Gasteiger partial charge >= 0.3 is 6.01 Å². The smallest absolute Gasteiger partial charge is 0.340 e. The Morgan fingerprint density at radius 1 is 1.43 bits per heavy atom. The molecule has 6 nitrogen and oxygen atoms in total. The summed E-state index contributed by atoms with van der Waals surface area (Å²) in [5.41, 5.74) is 5.48. The van der Waals surface area contributed by atoms with Gasteiger partial charge in [0, 0.05) is 19.3 Å². The van der Waals surface area contributed by atoms with E-state index in [1.807, 2.05) is 0 Å². The second-order valence-corrected chi connectivity index (χ2v) is 2.72. The largest absolute Gasteiger partial charge is 0.423 e. The highest BCUT2D eigenvalue weighted by atomic mass is 16.5. The molecule has 2 heterocycles. The molecule has 14 heavy (non-hydrogen) atoms. The molecule has 0 fully saturated rings. The van der Waals surface area contributed by atoms with Crippen molar-refractivity contribution >= 4 is 5.82 Å². The fraction of sp³-hybridized carbons (Fsp3) is 0.125. The van der Waals surface area contributed by atoms with Crippen LogP contribution in [0.15, 0.2) is 24.7 Å². The maximum atomic E-state index is 5.48. The zero-order chi connectivity index (χ0) is 9.97. The first-order chi connectivity index (χ1) is 6.74. The van der Waals surface area contributed by atoms with Gasteiger partial charge in [0.25, 0.3) is 0 Å². The monoisotopic (exact) mass is 191 g/mol.